The van der Waals surface area contributed by atoms with Crippen molar-refractivity contribution in [1.29, 1.82) is 0 Å². The van der Waals surface area contributed by atoms with E-state index in [1.54, 1.807) is 22.7 Å². The van der Waals surface area contributed by atoms with Gasteiger partial charge in [-0.25, -0.2) is 14.8 Å². The van der Waals surface area contributed by atoms with Crippen molar-refractivity contribution in [2.24, 2.45) is 0 Å². The van der Waals surface area contributed by atoms with E-state index in [9.17, 15) is 4.79 Å². The number of fused-ring (bicyclic) bond motifs is 2. The molecule has 0 radical (unpaired) electrons. The minimum atomic E-state index is -0.540. The Bertz CT molecular complexity index is 1420. The lowest BCUT2D eigenvalue weighted by Crippen LogP contribution is -2.50. The first-order chi connectivity index (χ1) is 18.7. The third-order valence-corrected chi connectivity index (χ3v) is 10.7. The summed E-state index contributed by atoms with van der Waals surface area (Å²) in [6, 6.07) is 11.6. The minimum absolute atomic E-state index is 0.238. The van der Waals surface area contributed by atoms with Crippen molar-refractivity contribution in [2.75, 3.05) is 32.7 Å². The van der Waals surface area contributed by atoms with E-state index in [0.29, 0.717) is 23.1 Å². The quantitative estimate of drug-likeness (QED) is 0.231. The molecular formula is C29H32Cl2N4O2S2. The van der Waals surface area contributed by atoms with E-state index in [-0.39, 0.29) is 6.09 Å². The zero-order chi connectivity index (χ0) is 27.2. The van der Waals surface area contributed by atoms with Gasteiger partial charge in [0.2, 0.25) is 0 Å². The van der Waals surface area contributed by atoms with E-state index in [1.807, 2.05) is 55.1 Å². The van der Waals surface area contributed by atoms with Crippen molar-refractivity contribution < 1.29 is 9.53 Å². The summed E-state index contributed by atoms with van der Waals surface area (Å²) in [5.41, 5.74) is 0.932. The van der Waals surface area contributed by atoms with Crippen molar-refractivity contribution in [1.82, 2.24) is 19.8 Å². The Hall–Kier alpha value is -1.97. The Kier molecular flexibility index (Phi) is 7.52. The molecule has 2 aliphatic heterocycles. The number of halogens is 2. The molecule has 0 atom stereocenters. The number of benzene rings is 2. The van der Waals surface area contributed by atoms with Gasteiger partial charge in [0.25, 0.3) is 0 Å². The maximum Gasteiger partial charge on any atom is 0.410 e. The number of amides is 1. The molecule has 0 spiro atoms. The van der Waals surface area contributed by atoms with Gasteiger partial charge in [-0.15, -0.1) is 22.7 Å². The van der Waals surface area contributed by atoms with Gasteiger partial charge in [0.15, 0.2) is 0 Å². The van der Waals surface area contributed by atoms with Crippen LogP contribution >= 0.6 is 45.9 Å². The number of hydrogen-bond acceptors (Lipinski definition) is 7. The molecule has 0 saturated carbocycles. The number of rotatable bonds is 5. The predicted molar refractivity (Wildman–Crippen MR) is 162 cm³/mol. The SMILES string of the molecule is CC(C)(CN1CCCCC1)OC(=O)N1CCC(c2nc3ccc(Cl)cc3s2)(c2nc3ccc(Cl)cc3s2)CC1. The number of carbonyl (C=O) groups is 1. The third-order valence-electron chi connectivity index (χ3n) is 7.81. The standard InChI is InChI=1S/C29H32Cl2N4O2S2/c1-28(2,18-34-12-4-3-5-13-34)37-27(36)35-14-10-29(11-15-35,25-32-21-8-6-19(30)16-23(21)38-25)26-33-22-9-7-20(31)17-24(22)39-26/h6-9,16-17H,3-5,10-15,18H2,1-2H3. The van der Waals surface area contributed by atoms with Gasteiger partial charge in [-0.05, 0) is 89.0 Å². The van der Waals surface area contributed by atoms with Crippen LogP contribution in [-0.2, 0) is 10.2 Å². The maximum absolute atomic E-state index is 13.3. The van der Waals surface area contributed by atoms with Gasteiger partial charge < -0.3 is 9.64 Å². The smallest absolute Gasteiger partial charge is 0.410 e. The van der Waals surface area contributed by atoms with Crippen molar-refractivity contribution >= 4 is 72.4 Å². The Morgan fingerprint density at radius 1 is 0.897 bits per heavy atom. The maximum atomic E-state index is 13.3. The number of thiazole rings is 2. The van der Waals surface area contributed by atoms with Crippen molar-refractivity contribution in [3.8, 4) is 0 Å². The van der Waals surface area contributed by atoms with Gasteiger partial charge in [0, 0.05) is 29.7 Å². The number of nitrogens with zero attached hydrogens (tertiary/aromatic N) is 4. The summed E-state index contributed by atoms with van der Waals surface area (Å²) >= 11 is 15.9. The molecular weight excluding hydrogens is 571 g/mol. The van der Waals surface area contributed by atoms with E-state index in [0.717, 1.165) is 62.9 Å². The first-order valence-electron chi connectivity index (χ1n) is 13.5. The number of aromatic nitrogens is 2. The van der Waals surface area contributed by atoms with Gasteiger partial charge >= 0.3 is 6.09 Å². The van der Waals surface area contributed by atoms with E-state index < -0.39 is 11.0 Å². The highest BCUT2D eigenvalue weighted by Gasteiger charge is 2.45. The van der Waals surface area contributed by atoms with Crippen molar-refractivity contribution in [3.05, 3.63) is 56.5 Å². The molecule has 10 heteroatoms. The molecule has 2 saturated heterocycles. The largest absolute Gasteiger partial charge is 0.442 e. The van der Waals surface area contributed by atoms with Crippen LogP contribution in [0.15, 0.2) is 36.4 Å². The molecule has 2 fully saturated rings. The molecule has 6 nitrogen and oxygen atoms in total. The number of ether oxygens (including phenoxy) is 1. The zero-order valence-electron chi connectivity index (χ0n) is 22.2. The predicted octanol–water partition coefficient (Wildman–Crippen LogP) is 8.00. The zero-order valence-corrected chi connectivity index (χ0v) is 25.4. The number of piperidine rings is 2. The number of likely N-dealkylation sites (tertiary alicyclic amines) is 2. The molecule has 206 valence electrons. The summed E-state index contributed by atoms with van der Waals surface area (Å²) in [5, 5.41) is 3.43. The topological polar surface area (TPSA) is 58.6 Å². The van der Waals surface area contributed by atoms with Gasteiger partial charge in [0.1, 0.15) is 15.6 Å². The van der Waals surface area contributed by atoms with Gasteiger partial charge in [-0.3, -0.25) is 4.90 Å². The Balaban J connectivity index is 1.26. The lowest BCUT2D eigenvalue weighted by molar-refractivity contribution is -0.0155. The van der Waals surface area contributed by atoms with Crippen LogP contribution in [-0.4, -0.2) is 64.2 Å². The normalized spacial score (nSPS) is 18.6. The summed E-state index contributed by atoms with van der Waals surface area (Å²) in [6.45, 7) is 8.11. The molecule has 0 bridgehead atoms. The second-order valence-electron chi connectivity index (χ2n) is 11.3. The molecule has 0 unspecified atom stereocenters. The van der Waals surface area contributed by atoms with Crippen LogP contribution in [0.1, 0.15) is 56.0 Å². The third kappa shape index (κ3) is 5.64. The lowest BCUT2D eigenvalue weighted by Gasteiger charge is -2.40. The fourth-order valence-electron chi connectivity index (χ4n) is 5.79. The highest BCUT2D eigenvalue weighted by Crippen LogP contribution is 2.47. The molecule has 4 heterocycles. The van der Waals surface area contributed by atoms with Crippen LogP contribution in [0.3, 0.4) is 0 Å². The van der Waals surface area contributed by atoms with E-state index in [4.69, 9.17) is 37.9 Å². The second-order valence-corrected chi connectivity index (χ2v) is 14.2. The summed E-state index contributed by atoms with van der Waals surface area (Å²) in [4.78, 5) is 27.7. The lowest BCUT2D eigenvalue weighted by atomic mass is 9.79. The first-order valence-corrected chi connectivity index (χ1v) is 15.9. The van der Waals surface area contributed by atoms with Crippen molar-refractivity contribution in [3.63, 3.8) is 0 Å². The molecule has 2 aromatic heterocycles. The number of hydrogen-bond donors (Lipinski definition) is 0. The summed E-state index contributed by atoms with van der Waals surface area (Å²) in [7, 11) is 0. The highest BCUT2D eigenvalue weighted by atomic mass is 35.5. The molecule has 39 heavy (non-hydrogen) atoms. The Labute approximate surface area is 246 Å². The molecule has 6 rings (SSSR count). The fraction of sp³-hybridized carbons (Fsp3) is 0.483. The van der Waals surface area contributed by atoms with Crippen molar-refractivity contribution in [2.45, 2.75) is 57.0 Å². The van der Waals surface area contributed by atoms with Gasteiger partial charge in [-0.1, -0.05) is 29.6 Å². The van der Waals surface area contributed by atoms with Crippen LogP contribution in [0.25, 0.3) is 20.4 Å². The van der Waals surface area contributed by atoms with Crippen LogP contribution in [0, 0.1) is 0 Å². The highest BCUT2D eigenvalue weighted by molar-refractivity contribution is 7.20. The Morgan fingerprint density at radius 3 is 1.97 bits per heavy atom. The molecule has 4 aromatic rings. The Morgan fingerprint density at radius 2 is 1.44 bits per heavy atom. The number of carbonyl (C=O) groups excluding carboxylic acids is 1. The van der Waals surface area contributed by atoms with Crippen LogP contribution < -0.4 is 0 Å². The molecule has 2 aromatic carbocycles. The first kappa shape index (κ1) is 27.2. The van der Waals surface area contributed by atoms with Gasteiger partial charge in [-0.2, -0.15) is 0 Å². The molecule has 0 N–H and O–H groups in total. The van der Waals surface area contributed by atoms with Crippen LogP contribution in [0.2, 0.25) is 10.0 Å². The van der Waals surface area contributed by atoms with Crippen LogP contribution in [0.5, 0.6) is 0 Å². The fourth-order valence-corrected chi connectivity index (χ4v) is 8.83. The van der Waals surface area contributed by atoms with E-state index >= 15 is 0 Å². The second kappa shape index (κ2) is 10.8. The van der Waals surface area contributed by atoms with E-state index in [1.165, 1.54) is 19.3 Å². The average molecular weight is 604 g/mol. The molecule has 2 aliphatic rings. The monoisotopic (exact) mass is 602 g/mol. The average Bonchev–Trinajstić information content (AvgIpc) is 3.53. The minimum Gasteiger partial charge on any atom is -0.442 e. The summed E-state index contributed by atoms with van der Waals surface area (Å²) in [5.74, 6) is 0. The van der Waals surface area contributed by atoms with E-state index in [2.05, 4.69) is 4.90 Å². The van der Waals surface area contributed by atoms with Gasteiger partial charge in [0.05, 0.1) is 25.8 Å². The molecule has 1 amide bonds. The summed E-state index contributed by atoms with van der Waals surface area (Å²) < 4.78 is 8.19. The molecule has 0 aliphatic carbocycles. The van der Waals surface area contributed by atoms with Crippen LogP contribution in [0.4, 0.5) is 4.79 Å². The summed E-state index contributed by atoms with van der Waals surface area (Å²) in [6.07, 6.45) is 4.92.